The first kappa shape index (κ1) is 22.4. The molecule has 0 unspecified atom stereocenters. The highest BCUT2D eigenvalue weighted by molar-refractivity contribution is 7.15. The molecule has 0 radical (unpaired) electrons. The third-order valence-electron chi connectivity index (χ3n) is 5.38. The highest BCUT2D eigenvalue weighted by Crippen LogP contribution is 2.44. The second-order valence-electron chi connectivity index (χ2n) is 7.59. The van der Waals surface area contributed by atoms with Gasteiger partial charge in [0.25, 0.3) is 0 Å². The number of rotatable bonds is 4. The minimum atomic E-state index is -1.87. The van der Waals surface area contributed by atoms with E-state index in [9.17, 15) is 8.78 Å². The van der Waals surface area contributed by atoms with E-state index in [4.69, 9.17) is 0 Å². The molecule has 34 heavy (non-hydrogen) atoms. The molecule has 5 rings (SSSR count). The first-order valence-electron chi connectivity index (χ1n) is 10.3. The number of nitrogens with zero attached hydrogens (tertiary/aromatic N) is 2. The molecule has 5 aromatic rings. The zero-order valence-corrected chi connectivity index (χ0v) is 19.6. The number of benzene rings is 3. The highest BCUT2D eigenvalue weighted by atomic mass is 32.1. The average molecular weight is 497 g/mol. The van der Waals surface area contributed by atoms with Crippen LogP contribution in [0.1, 0.15) is 9.75 Å². The highest BCUT2D eigenvalue weighted by Gasteiger charge is 2.31. The maximum atomic E-state index is 15.3. The zero-order valence-electron chi connectivity index (χ0n) is 18.0. The van der Waals surface area contributed by atoms with Crippen molar-refractivity contribution in [3.63, 3.8) is 0 Å². The van der Waals surface area contributed by atoms with Gasteiger partial charge in [-0.05, 0) is 13.8 Å². The van der Waals surface area contributed by atoms with Crippen molar-refractivity contribution in [1.82, 2.24) is 9.97 Å². The summed E-state index contributed by atoms with van der Waals surface area (Å²) in [6, 6.07) is 18.4. The molecule has 0 N–H and O–H groups in total. The van der Waals surface area contributed by atoms with E-state index in [1.807, 2.05) is 60.7 Å². The van der Waals surface area contributed by atoms with Gasteiger partial charge >= 0.3 is 0 Å². The third kappa shape index (κ3) is 3.73. The molecule has 0 bridgehead atoms. The van der Waals surface area contributed by atoms with Gasteiger partial charge < -0.3 is 0 Å². The van der Waals surface area contributed by atoms with Crippen molar-refractivity contribution in [2.45, 2.75) is 13.8 Å². The van der Waals surface area contributed by atoms with Gasteiger partial charge in [0.1, 0.15) is 10.0 Å². The summed E-state index contributed by atoms with van der Waals surface area (Å²) in [6.45, 7) is 3.37. The predicted octanol–water partition coefficient (Wildman–Crippen LogP) is 8.44. The van der Waals surface area contributed by atoms with Crippen molar-refractivity contribution in [2.24, 2.45) is 0 Å². The number of thiazole rings is 2. The Hall–Kier alpha value is -3.36. The summed E-state index contributed by atoms with van der Waals surface area (Å²) >= 11 is 2.53. The van der Waals surface area contributed by atoms with E-state index in [1.54, 1.807) is 13.8 Å². The fraction of sp³-hybridized carbons (Fsp3) is 0.0769. The standard InChI is InChI=1S/C26H16F4N2S2/c1-13-23(31-25(33-13)15-9-5-3-6-10-15)17-18(20(28)22(30)21(29)19(17)27)24-14(2)34-26(32-24)16-11-7-4-8-12-16/h3-12H,1-2H3. The van der Waals surface area contributed by atoms with E-state index in [1.165, 1.54) is 22.7 Å². The van der Waals surface area contributed by atoms with Crippen molar-refractivity contribution in [1.29, 1.82) is 0 Å². The van der Waals surface area contributed by atoms with Gasteiger partial charge in [0.05, 0.1) is 22.5 Å². The lowest BCUT2D eigenvalue weighted by Gasteiger charge is -2.12. The van der Waals surface area contributed by atoms with Crippen LogP contribution in [-0.4, -0.2) is 9.97 Å². The van der Waals surface area contributed by atoms with Gasteiger partial charge in [0, 0.05) is 20.9 Å². The van der Waals surface area contributed by atoms with Gasteiger partial charge in [-0.15, -0.1) is 22.7 Å². The zero-order chi connectivity index (χ0) is 24.0. The predicted molar refractivity (Wildman–Crippen MR) is 129 cm³/mol. The molecule has 0 aliphatic rings. The first-order chi connectivity index (χ1) is 16.4. The van der Waals surface area contributed by atoms with Crippen LogP contribution in [0.25, 0.3) is 43.7 Å². The molecule has 2 heterocycles. The fourth-order valence-corrected chi connectivity index (χ4v) is 5.59. The molecule has 0 saturated carbocycles. The maximum Gasteiger partial charge on any atom is 0.198 e. The molecule has 2 nitrogen and oxygen atoms in total. The van der Waals surface area contributed by atoms with Gasteiger partial charge in [-0.2, -0.15) is 0 Å². The van der Waals surface area contributed by atoms with Crippen LogP contribution in [-0.2, 0) is 0 Å². The van der Waals surface area contributed by atoms with Crippen LogP contribution in [0.5, 0.6) is 0 Å². The largest absolute Gasteiger partial charge is 0.236 e. The molecule has 170 valence electrons. The van der Waals surface area contributed by atoms with Gasteiger partial charge in [0.15, 0.2) is 23.3 Å². The number of halogens is 4. The molecule has 0 aliphatic carbocycles. The van der Waals surface area contributed by atoms with E-state index in [2.05, 4.69) is 9.97 Å². The molecule has 0 spiro atoms. The van der Waals surface area contributed by atoms with E-state index in [-0.39, 0.29) is 11.4 Å². The second-order valence-corrected chi connectivity index (χ2v) is 9.99. The lowest BCUT2D eigenvalue weighted by molar-refractivity contribution is 0.412. The van der Waals surface area contributed by atoms with Crippen molar-refractivity contribution in [2.75, 3.05) is 0 Å². The summed E-state index contributed by atoms with van der Waals surface area (Å²) in [5.74, 6) is -6.73. The molecular weight excluding hydrogens is 480 g/mol. The SMILES string of the molecule is Cc1sc(-c2ccccc2)nc1-c1c(F)c(F)c(F)c(F)c1-c1nc(-c2ccccc2)sc1C. The maximum absolute atomic E-state index is 15.3. The minimum absolute atomic E-state index is 0.0582. The Balaban J connectivity index is 1.77. The van der Waals surface area contributed by atoms with Crippen LogP contribution >= 0.6 is 22.7 Å². The number of hydrogen-bond donors (Lipinski definition) is 0. The van der Waals surface area contributed by atoms with Gasteiger partial charge in [-0.1, -0.05) is 60.7 Å². The molecule has 0 aliphatic heterocycles. The smallest absolute Gasteiger partial charge is 0.198 e. The van der Waals surface area contributed by atoms with E-state index < -0.39 is 34.4 Å². The quantitative estimate of drug-likeness (QED) is 0.142. The number of aryl methyl sites for hydroxylation is 2. The van der Waals surface area contributed by atoms with Crippen molar-refractivity contribution < 1.29 is 17.6 Å². The van der Waals surface area contributed by atoms with Crippen LogP contribution in [0.2, 0.25) is 0 Å². The topological polar surface area (TPSA) is 25.8 Å². The third-order valence-corrected chi connectivity index (χ3v) is 7.42. The van der Waals surface area contributed by atoms with Gasteiger partial charge in [-0.25, -0.2) is 27.5 Å². The van der Waals surface area contributed by atoms with Crippen molar-refractivity contribution >= 4 is 22.7 Å². The summed E-state index contributed by atoms with van der Waals surface area (Å²) in [5, 5.41) is 1.12. The van der Waals surface area contributed by atoms with Crippen LogP contribution in [0, 0.1) is 37.1 Å². The summed E-state index contributed by atoms with van der Waals surface area (Å²) in [7, 11) is 0. The Morgan fingerprint density at radius 1 is 0.529 bits per heavy atom. The fourth-order valence-electron chi connectivity index (χ4n) is 3.74. The molecule has 0 saturated heterocycles. The van der Waals surface area contributed by atoms with Gasteiger partial charge in [-0.3, -0.25) is 0 Å². The van der Waals surface area contributed by atoms with E-state index in [0.717, 1.165) is 11.1 Å². The van der Waals surface area contributed by atoms with Crippen LogP contribution in [0.15, 0.2) is 60.7 Å². The molecule has 3 aromatic carbocycles. The first-order valence-corrected chi connectivity index (χ1v) is 11.9. The summed E-state index contributed by atoms with van der Waals surface area (Å²) in [5.41, 5.74) is 0.817. The Kier molecular flexibility index (Phi) is 5.79. The molecule has 8 heteroatoms. The summed E-state index contributed by atoms with van der Waals surface area (Å²) < 4.78 is 59.4. The molecule has 2 aromatic heterocycles. The lowest BCUT2D eigenvalue weighted by atomic mass is 9.98. The molecular formula is C26H16F4N2S2. The average Bonchev–Trinajstić information content (AvgIpc) is 3.43. The number of aromatic nitrogens is 2. The molecule has 0 atom stereocenters. The Labute approximate surface area is 201 Å². The minimum Gasteiger partial charge on any atom is -0.236 e. The Bertz CT molecular complexity index is 1390. The van der Waals surface area contributed by atoms with Gasteiger partial charge in [0.2, 0.25) is 0 Å². The molecule has 0 fully saturated rings. The van der Waals surface area contributed by atoms with Crippen molar-refractivity contribution in [3.05, 3.63) is 93.7 Å². The second kappa shape index (κ2) is 8.77. The summed E-state index contributed by atoms with van der Waals surface area (Å²) in [6.07, 6.45) is 0. The summed E-state index contributed by atoms with van der Waals surface area (Å²) in [4.78, 5) is 10.1. The van der Waals surface area contributed by atoms with Crippen LogP contribution < -0.4 is 0 Å². The van der Waals surface area contributed by atoms with Crippen molar-refractivity contribution in [3.8, 4) is 43.7 Å². The van der Waals surface area contributed by atoms with E-state index in [0.29, 0.717) is 19.8 Å². The van der Waals surface area contributed by atoms with Crippen LogP contribution in [0.4, 0.5) is 17.6 Å². The normalized spacial score (nSPS) is 11.2. The Morgan fingerprint density at radius 3 is 1.24 bits per heavy atom. The van der Waals surface area contributed by atoms with Crippen LogP contribution in [0.3, 0.4) is 0 Å². The Morgan fingerprint density at radius 2 is 0.882 bits per heavy atom. The lowest BCUT2D eigenvalue weighted by Crippen LogP contribution is -2.05. The monoisotopic (exact) mass is 496 g/mol. The van der Waals surface area contributed by atoms with E-state index >= 15 is 8.78 Å². The molecule has 0 amide bonds. The number of hydrogen-bond acceptors (Lipinski definition) is 4.